The highest BCUT2D eigenvalue weighted by Gasteiger charge is 2.40. The van der Waals surface area contributed by atoms with Crippen LogP contribution in [0, 0.1) is 21.4 Å². The lowest BCUT2D eigenvalue weighted by atomic mass is 10.1. The number of non-ortho nitro benzene ring substituents is 1. The van der Waals surface area contributed by atoms with Crippen molar-refractivity contribution in [2.45, 2.75) is 11.7 Å². The molecule has 3 rings (SSSR count). The summed E-state index contributed by atoms with van der Waals surface area (Å²) in [6, 6.07) is 14.6. The average molecular weight is 473 g/mol. The van der Waals surface area contributed by atoms with Gasteiger partial charge in [-0.1, -0.05) is 39.8 Å². The zero-order valence-corrected chi connectivity index (χ0v) is 17.1. The van der Waals surface area contributed by atoms with Gasteiger partial charge in [0.15, 0.2) is 0 Å². The number of halogens is 1. The number of primary amides is 1. The molecule has 1 saturated heterocycles. The van der Waals surface area contributed by atoms with E-state index in [9.17, 15) is 25.0 Å². The number of rotatable bonds is 5. The lowest BCUT2D eigenvalue weighted by Crippen LogP contribution is -2.31. The molecule has 0 aliphatic carbocycles. The molecule has 146 valence electrons. The molecule has 1 aliphatic rings. The van der Waals surface area contributed by atoms with Gasteiger partial charge in [-0.25, -0.2) is 0 Å². The molecule has 0 unspecified atom stereocenters. The molecule has 0 aromatic heterocycles. The fraction of sp³-hybridized carbons (Fsp3) is 0.105. The predicted molar refractivity (Wildman–Crippen MR) is 112 cm³/mol. The minimum atomic E-state index is -0.930. The van der Waals surface area contributed by atoms with Crippen LogP contribution in [0.15, 0.2) is 63.6 Å². The van der Waals surface area contributed by atoms with Gasteiger partial charge in [-0.15, -0.1) is 0 Å². The van der Waals surface area contributed by atoms with E-state index in [0.717, 1.165) is 16.2 Å². The minimum absolute atomic E-state index is 0.0756. The number of nitrogens with zero attached hydrogens (tertiary/aromatic N) is 3. The molecular weight excluding hydrogens is 460 g/mol. The summed E-state index contributed by atoms with van der Waals surface area (Å²) in [5.41, 5.74) is 6.03. The first-order chi connectivity index (χ1) is 13.8. The van der Waals surface area contributed by atoms with Crippen LogP contribution in [-0.4, -0.2) is 22.0 Å². The Balaban J connectivity index is 2.01. The number of amides is 2. The largest absolute Gasteiger partial charge is 0.365 e. The van der Waals surface area contributed by atoms with Crippen molar-refractivity contribution in [2.24, 2.45) is 5.73 Å². The molecule has 1 aliphatic heterocycles. The molecule has 0 saturated carbocycles. The van der Waals surface area contributed by atoms with Crippen molar-refractivity contribution in [1.82, 2.24) is 0 Å². The van der Waals surface area contributed by atoms with E-state index in [4.69, 9.17) is 5.73 Å². The number of hydrogen-bond donors (Lipinski definition) is 1. The maximum Gasteiger partial charge on any atom is 0.269 e. The Labute approximate surface area is 178 Å². The Morgan fingerprint density at radius 2 is 2.00 bits per heavy atom. The summed E-state index contributed by atoms with van der Waals surface area (Å²) in [6.07, 6.45) is 0.194. The van der Waals surface area contributed by atoms with E-state index in [0.29, 0.717) is 11.3 Å². The van der Waals surface area contributed by atoms with E-state index >= 15 is 0 Å². The lowest BCUT2D eigenvalue weighted by molar-refractivity contribution is -0.384. The SMILES string of the molecule is N#C/C(C(N)=O)=C1/S[C@@H](Cc2cccc([N+](=O)[O-])c2)C(=O)N1c1ccc(Br)cc1. The van der Waals surface area contributed by atoms with E-state index < -0.39 is 16.1 Å². The van der Waals surface area contributed by atoms with Crippen molar-refractivity contribution in [2.75, 3.05) is 4.90 Å². The zero-order chi connectivity index (χ0) is 21.1. The third-order valence-corrected chi connectivity index (χ3v) is 5.94. The highest BCUT2D eigenvalue weighted by molar-refractivity contribution is 9.10. The van der Waals surface area contributed by atoms with E-state index in [1.54, 1.807) is 42.5 Å². The Morgan fingerprint density at radius 3 is 2.59 bits per heavy atom. The fourth-order valence-corrected chi connectivity index (χ4v) is 4.42. The van der Waals surface area contributed by atoms with Crippen LogP contribution in [0.5, 0.6) is 0 Å². The van der Waals surface area contributed by atoms with Gasteiger partial charge in [0.1, 0.15) is 16.7 Å². The van der Waals surface area contributed by atoms with E-state index in [-0.39, 0.29) is 28.6 Å². The highest BCUT2D eigenvalue weighted by atomic mass is 79.9. The molecule has 2 aromatic carbocycles. The topological polar surface area (TPSA) is 130 Å². The van der Waals surface area contributed by atoms with Crippen molar-refractivity contribution < 1.29 is 14.5 Å². The van der Waals surface area contributed by atoms with Crippen LogP contribution >= 0.6 is 27.7 Å². The van der Waals surface area contributed by atoms with Crippen LogP contribution in [0.2, 0.25) is 0 Å². The number of nitro benzene ring substituents is 1. The van der Waals surface area contributed by atoms with E-state index in [1.165, 1.54) is 17.0 Å². The number of anilines is 1. The summed E-state index contributed by atoms with van der Waals surface area (Å²) in [5, 5.41) is 19.9. The molecule has 10 heteroatoms. The molecule has 0 bridgehead atoms. The highest BCUT2D eigenvalue weighted by Crippen LogP contribution is 2.42. The minimum Gasteiger partial charge on any atom is -0.365 e. The van der Waals surface area contributed by atoms with Crippen molar-refractivity contribution in [1.29, 1.82) is 5.26 Å². The second-order valence-corrected chi connectivity index (χ2v) is 8.15. The van der Waals surface area contributed by atoms with Crippen LogP contribution in [0.4, 0.5) is 11.4 Å². The number of nitro groups is 1. The second kappa shape index (κ2) is 8.46. The van der Waals surface area contributed by atoms with Crippen LogP contribution < -0.4 is 10.6 Å². The van der Waals surface area contributed by atoms with Gasteiger partial charge in [-0.2, -0.15) is 5.26 Å². The standard InChI is InChI=1S/C19H13BrN4O4S/c20-12-4-6-13(7-5-12)23-18(26)16(29-19(23)15(10-21)17(22)25)9-11-2-1-3-14(8-11)24(27)28/h1-8,16H,9H2,(H2,22,25)/b19-15-/t16-/m0/s1. The number of nitriles is 1. The predicted octanol–water partition coefficient (Wildman–Crippen LogP) is 3.27. The first-order valence-corrected chi connectivity index (χ1v) is 9.92. The van der Waals surface area contributed by atoms with Crippen LogP contribution in [0.3, 0.4) is 0 Å². The Hall–Kier alpha value is -3.16. The quantitative estimate of drug-likeness (QED) is 0.307. The summed E-state index contributed by atoms with van der Waals surface area (Å²) < 4.78 is 0.801. The van der Waals surface area contributed by atoms with Crippen LogP contribution in [-0.2, 0) is 16.0 Å². The maximum atomic E-state index is 13.1. The number of nitrogens with two attached hydrogens (primary N) is 1. The number of hydrogen-bond acceptors (Lipinski definition) is 6. The number of benzene rings is 2. The van der Waals surface area contributed by atoms with Gasteiger partial charge in [0, 0.05) is 22.3 Å². The summed E-state index contributed by atoms with van der Waals surface area (Å²) in [6.45, 7) is 0. The second-order valence-electron chi connectivity index (χ2n) is 6.04. The van der Waals surface area contributed by atoms with Crippen molar-refractivity contribution >= 4 is 50.9 Å². The number of thioether (sulfide) groups is 1. The zero-order valence-electron chi connectivity index (χ0n) is 14.7. The first-order valence-electron chi connectivity index (χ1n) is 8.25. The third kappa shape index (κ3) is 4.31. The Kier molecular flexibility index (Phi) is 6.00. The van der Waals surface area contributed by atoms with Crippen LogP contribution in [0.25, 0.3) is 0 Å². The summed E-state index contributed by atoms with van der Waals surface area (Å²) in [5.74, 6) is -1.27. The molecule has 2 amide bonds. The Morgan fingerprint density at radius 1 is 1.31 bits per heavy atom. The van der Waals surface area contributed by atoms with Gasteiger partial charge in [-0.05, 0) is 36.2 Å². The number of carbonyl (C=O) groups excluding carboxylic acids is 2. The van der Waals surface area contributed by atoms with Gasteiger partial charge >= 0.3 is 0 Å². The van der Waals surface area contributed by atoms with Gasteiger partial charge in [0.2, 0.25) is 5.91 Å². The molecule has 1 fully saturated rings. The van der Waals surface area contributed by atoms with Crippen molar-refractivity contribution in [3.05, 3.63) is 79.3 Å². The molecule has 1 atom stereocenters. The molecule has 2 aromatic rings. The molecule has 0 radical (unpaired) electrons. The van der Waals surface area contributed by atoms with Crippen LogP contribution in [0.1, 0.15) is 5.56 Å². The van der Waals surface area contributed by atoms with Gasteiger partial charge in [0.25, 0.3) is 11.6 Å². The van der Waals surface area contributed by atoms with Gasteiger partial charge < -0.3 is 5.73 Å². The van der Waals surface area contributed by atoms with Gasteiger partial charge in [-0.3, -0.25) is 24.6 Å². The van der Waals surface area contributed by atoms with Crippen molar-refractivity contribution in [3.8, 4) is 6.07 Å². The Bertz CT molecular complexity index is 1080. The monoisotopic (exact) mass is 472 g/mol. The molecule has 1 heterocycles. The van der Waals surface area contributed by atoms with Gasteiger partial charge in [0.05, 0.1) is 10.2 Å². The van der Waals surface area contributed by atoms with E-state index in [1.807, 2.05) is 0 Å². The third-order valence-electron chi connectivity index (χ3n) is 4.15. The van der Waals surface area contributed by atoms with Crippen molar-refractivity contribution in [3.63, 3.8) is 0 Å². The molecule has 2 N–H and O–H groups in total. The van der Waals surface area contributed by atoms with E-state index in [2.05, 4.69) is 15.9 Å². The average Bonchev–Trinajstić information content (AvgIpc) is 2.99. The molecule has 0 spiro atoms. The normalized spacial score (nSPS) is 17.7. The summed E-state index contributed by atoms with van der Waals surface area (Å²) >= 11 is 4.37. The fourth-order valence-electron chi connectivity index (χ4n) is 2.84. The smallest absolute Gasteiger partial charge is 0.269 e. The summed E-state index contributed by atoms with van der Waals surface area (Å²) in [4.78, 5) is 36.7. The lowest BCUT2D eigenvalue weighted by Gasteiger charge is -2.18. The molecule has 29 heavy (non-hydrogen) atoms. The first kappa shape index (κ1) is 20.6. The summed E-state index contributed by atoms with van der Waals surface area (Å²) in [7, 11) is 0. The maximum absolute atomic E-state index is 13.1. The number of carbonyl (C=O) groups is 2. The molecular formula is C19H13BrN4O4S. The molecule has 8 nitrogen and oxygen atoms in total.